The van der Waals surface area contributed by atoms with Crippen LogP contribution in [0.25, 0.3) is 22.3 Å². The number of carbonyl (C=O) groups excluding carboxylic acids is 1. The van der Waals surface area contributed by atoms with Gasteiger partial charge in [-0.3, -0.25) is 4.98 Å². The van der Waals surface area contributed by atoms with Gasteiger partial charge in [0, 0.05) is 27.5 Å². The number of fused-ring (bicyclic) bond motifs is 1. The van der Waals surface area contributed by atoms with Crippen molar-refractivity contribution in [3.05, 3.63) is 70.8 Å². The first-order valence-electron chi connectivity index (χ1n) is 8.83. The molecule has 2 N–H and O–H groups in total. The van der Waals surface area contributed by atoms with Gasteiger partial charge in [0.15, 0.2) is 0 Å². The Morgan fingerprint density at radius 1 is 1.13 bits per heavy atom. The van der Waals surface area contributed by atoms with Gasteiger partial charge in [0.25, 0.3) is 0 Å². The van der Waals surface area contributed by atoms with E-state index in [4.69, 9.17) is 27.9 Å². The number of nitrogens with one attached hydrogen (secondary N) is 2. The number of hydrogen-bond donors (Lipinski definition) is 3. The molecule has 152 valence electrons. The van der Waals surface area contributed by atoms with E-state index in [0.29, 0.717) is 27.2 Å². The monoisotopic (exact) mass is 458 g/mol. The zero-order valence-electron chi connectivity index (χ0n) is 15.7. The third kappa shape index (κ3) is 4.18. The van der Waals surface area contributed by atoms with E-state index in [1.54, 1.807) is 30.5 Å². The highest BCUT2D eigenvalue weighted by Gasteiger charge is 2.17. The van der Waals surface area contributed by atoms with Crippen molar-refractivity contribution in [2.75, 3.05) is 16.7 Å². The molecule has 0 bridgehead atoms. The normalized spacial score (nSPS) is 10.8. The van der Waals surface area contributed by atoms with Crippen molar-refractivity contribution in [2.45, 2.75) is 0 Å². The van der Waals surface area contributed by atoms with Crippen molar-refractivity contribution >= 4 is 64.5 Å². The molecule has 0 aliphatic heterocycles. The number of ether oxygens (including phenoxy) is 1. The van der Waals surface area contributed by atoms with E-state index in [9.17, 15) is 4.79 Å². The van der Waals surface area contributed by atoms with Crippen LogP contribution < -0.4 is 14.4 Å². The lowest BCUT2D eigenvalue weighted by Crippen LogP contribution is -2.27. The van der Waals surface area contributed by atoms with Crippen LogP contribution in [0.1, 0.15) is 0 Å². The lowest BCUT2D eigenvalue weighted by Gasteiger charge is -2.18. The highest BCUT2D eigenvalue weighted by atomic mass is 35.5. The van der Waals surface area contributed by atoms with Crippen LogP contribution >= 0.6 is 36.0 Å². The van der Waals surface area contributed by atoms with E-state index in [-0.39, 0.29) is 0 Å². The van der Waals surface area contributed by atoms with E-state index < -0.39 is 6.03 Å². The highest BCUT2D eigenvalue weighted by Crippen LogP contribution is 2.33. The van der Waals surface area contributed by atoms with E-state index in [1.807, 2.05) is 30.3 Å². The Hall–Kier alpha value is -2.87. The van der Waals surface area contributed by atoms with Crippen LogP contribution in [-0.4, -0.2) is 23.1 Å². The number of nitrogens with zero attached hydrogens (tertiary/aromatic N) is 2. The molecule has 2 heterocycles. The third-order valence-electron chi connectivity index (χ3n) is 4.43. The minimum absolute atomic E-state index is 0.399. The Balaban J connectivity index is 1.64. The maximum Gasteiger partial charge on any atom is 0.336 e. The summed E-state index contributed by atoms with van der Waals surface area (Å²) in [6.07, 6.45) is 1.74. The fourth-order valence-corrected chi connectivity index (χ4v) is 3.71. The van der Waals surface area contributed by atoms with Crippen LogP contribution in [0.5, 0.6) is 5.75 Å². The number of hydrogen-bond acceptors (Lipinski definition) is 4. The maximum absolute atomic E-state index is 12.8. The first-order chi connectivity index (χ1) is 14.4. The zero-order valence-corrected chi connectivity index (χ0v) is 18.1. The molecule has 4 rings (SSSR count). The molecular weight excluding hydrogens is 443 g/mol. The van der Waals surface area contributed by atoms with Crippen molar-refractivity contribution in [1.82, 2.24) is 9.97 Å². The van der Waals surface area contributed by atoms with Crippen LogP contribution in [0.15, 0.2) is 60.8 Å². The molecule has 0 saturated carbocycles. The quantitative estimate of drug-likeness (QED) is 0.308. The topological polar surface area (TPSA) is 70.2 Å². The number of H-pyrrole nitrogens is 1. The zero-order chi connectivity index (χ0) is 21.3. The van der Waals surface area contributed by atoms with Crippen molar-refractivity contribution in [1.29, 1.82) is 0 Å². The summed E-state index contributed by atoms with van der Waals surface area (Å²) in [5.74, 6) is 0.507. The summed E-state index contributed by atoms with van der Waals surface area (Å²) in [4.78, 5) is 20.4. The molecule has 30 heavy (non-hydrogen) atoms. The van der Waals surface area contributed by atoms with Crippen molar-refractivity contribution < 1.29 is 9.53 Å². The van der Waals surface area contributed by atoms with Crippen molar-refractivity contribution in [3.8, 4) is 17.0 Å². The second-order valence-electron chi connectivity index (χ2n) is 6.40. The number of urea groups is 1. The summed E-state index contributed by atoms with van der Waals surface area (Å²) in [5, 5.41) is 3.61. The molecule has 0 unspecified atom stereocenters. The van der Waals surface area contributed by atoms with Crippen LogP contribution in [0, 0.1) is 0 Å². The van der Waals surface area contributed by atoms with Crippen LogP contribution in [0.3, 0.4) is 0 Å². The summed E-state index contributed by atoms with van der Waals surface area (Å²) in [6, 6.07) is 15.5. The highest BCUT2D eigenvalue weighted by molar-refractivity contribution is 7.82. The van der Waals surface area contributed by atoms with E-state index in [2.05, 4.69) is 28.1 Å². The summed E-state index contributed by atoms with van der Waals surface area (Å²) >= 11 is 16.3. The molecule has 2 amide bonds. The average molecular weight is 459 g/mol. The number of benzene rings is 2. The van der Waals surface area contributed by atoms with Crippen LogP contribution in [0.2, 0.25) is 10.0 Å². The number of methoxy groups -OCH3 is 1. The molecule has 0 aliphatic carbocycles. The Morgan fingerprint density at radius 2 is 1.90 bits per heavy atom. The van der Waals surface area contributed by atoms with Gasteiger partial charge in [-0.1, -0.05) is 36.0 Å². The SMILES string of the molecule is COc1ccc(-c2cc3ncccc3[nH]2)cc1NC(=O)N(S)c1cc(Cl)cc(Cl)c1. The van der Waals surface area contributed by atoms with Gasteiger partial charge in [-0.25, -0.2) is 9.10 Å². The van der Waals surface area contributed by atoms with Gasteiger partial charge in [-0.05, 0) is 54.6 Å². The lowest BCUT2D eigenvalue weighted by molar-refractivity contribution is 0.260. The molecule has 0 spiro atoms. The minimum Gasteiger partial charge on any atom is -0.495 e. The number of halogens is 2. The molecule has 0 aliphatic rings. The Morgan fingerprint density at radius 3 is 2.60 bits per heavy atom. The lowest BCUT2D eigenvalue weighted by atomic mass is 10.1. The predicted octanol–water partition coefficient (Wildman–Crippen LogP) is 6.43. The van der Waals surface area contributed by atoms with Crippen LogP contribution in [-0.2, 0) is 0 Å². The molecule has 0 saturated heterocycles. The predicted molar refractivity (Wildman–Crippen MR) is 125 cm³/mol. The van der Waals surface area contributed by atoms with Crippen molar-refractivity contribution in [3.63, 3.8) is 0 Å². The number of aromatic amines is 1. The Labute approximate surface area is 188 Å². The minimum atomic E-state index is -0.495. The molecule has 9 heteroatoms. The summed E-state index contributed by atoms with van der Waals surface area (Å²) in [5.41, 5.74) is 4.43. The molecule has 0 atom stereocenters. The molecule has 4 aromatic rings. The first-order valence-corrected chi connectivity index (χ1v) is 9.98. The number of amides is 2. The number of thiol groups is 1. The van der Waals surface area contributed by atoms with Gasteiger partial charge in [-0.2, -0.15) is 0 Å². The Bertz CT molecular complexity index is 1190. The standard InChI is InChI=1S/C21H16Cl2N4O2S/c1-29-20-5-4-12(17-11-18-16(25-17)3-2-6-24-18)7-19(20)26-21(28)27(30)15-9-13(22)8-14(23)10-15/h2-11,25,30H,1H3,(H,26,28). The number of pyridine rings is 1. The number of carbonyl (C=O) groups is 1. The fourth-order valence-electron chi connectivity index (χ4n) is 3.03. The molecule has 2 aromatic heterocycles. The largest absolute Gasteiger partial charge is 0.495 e. The third-order valence-corrected chi connectivity index (χ3v) is 5.27. The molecule has 2 aromatic carbocycles. The Kier molecular flexibility index (Phi) is 5.76. The van der Waals surface area contributed by atoms with Gasteiger partial charge < -0.3 is 15.0 Å². The summed E-state index contributed by atoms with van der Waals surface area (Å²) < 4.78 is 6.52. The number of aromatic nitrogens is 2. The van der Waals surface area contributed by atoms with Gasteiger partial charge in [0.2, 0.25) is 0 Å². The maximum atomic E-state index is 12.8. The molecule has 6 nitrogen and oxygen atoms in total. The van der Waals surface area contributed by atoms with E-state index in [1.165, 1.54) is 7.11 Å². The van der Waals surface area contributed by atoms with Crippen LogP contribution in [0.4, 0.5) is 16.2 Å². The smallest absolute Gasteiger partial charge is 0.336 e. The molecule has 0 radical (unpaired) electrons. The molecular formula is C21H16Cl2N4O2S. The number of rotatable bonds is 4. The second kappa shape index (κ2) is 8.47. The van der Waals surface area contributed by atoms with Gasteiger partial charge in [0.1, 0.15) is 5.75 Å². The summed E-state index contributed by atoms with van der Waals surface area (Å²) in [7, 11) is 1.53. The first kappa shape index (κ1) is 20.4. The second-order valence-corrected chi connectivity index (χ2v) is 7.68. The van der Waals surface area contributed by atoms with Gasteiger partial charge in [-0.15, -0.1) is 0 Å². The number of anilines is 2. The molecule has 0 fully saturated rings. The fraction of sp³-hybridized carbons (Fsp3) is 0.0476. The summed E-state index contributed by atoms with van der Waals surface area (Å²) in [6.45, 7) is 0. The van der Waals surface area contributed by atoms with E-state index >= 15 is 0 Å². The van der Waals surface area contributed by atoms with Gasteiger partial charge >= 0.3 is 6.03 Å². The average Bonchev–Trinajstić information content (AvgIpc) is 3.16. The van der Waals surface area contributed by atoms with Crippen molar-refractivity contribution in [2.24, 2.45) is 0 Å². The van der Waals surface area contributed by atoms with E-state index in [0.717, 1.165) is 26.6 Å². The van der Waals surface area contributed by atoms with Gasteiger partial charge in [0.05, 0.1) is 29.5 Å².